The van der Waals surface area contributed by atoms with Crippen molar-refractivity contribution in [3.8, 4) is 5.75 Å². The van der Waals surface area contributed by atoms with Gasteiger partial charge in [-0.15, -0.1) is 0 Å². The van der Waals surface area contributed by atoms with Crippen LogP contribution in [0.25, 0.3) is 0 Å². The van der Waals surface area contributed by atoms with E-state index in [1.54, 1.807) is 18.2 Å². The van der Waals surface area contributed by atoms with Crippen molar-refractivity contribution >= 4 is 23.1 Å². The minimum absolute atomic E-state index is 0.0298. The van der Waals surface area contributed by atoms with Gasteiger partial charge in [0.15, 0.2) is 11.6 Å². The smallest absolute Gasteiger partial charge is 0.165 e. The molecule has 0 bridgehead atoms. The van der Waals surface area contributed by atoms with Gasteiger partial charge in [0.2, 0.25) is 0 Å². The highest BCUT2D eigenvalue weighted by atomic mass is 35.5. The maximum absolute atomic E-state index is 13.9. The lowest BCUT2D eigenvalue weighted by atomic mass is 9.84. The quantitative estimate of drug-likeness (QED) is 0.693. The van der Waals surface area contributed by atoms with Crippen LogP contribution < -0.4 is 15.0 Å². The highest BCUT2D eigenvalue weighted by molar-refractivity contribution is 6.30. The Morgan fingerprint density at radius 3 is 2.67 bits per heavy atom. The lowest BCUT2D eigenvalue weighted by Gasteiger charge is -2.36. The van der Waals surface area contributed by atoms with Gasteiger partial charge in [-0.25, -0.2) is 4.39 Å². The van der Waals surface area contributed by atoms with Crippen LogP contribution >= 0.6 is 11.6 Å². The number of hydrogen-bond donors (Lipinski definition) is 1. The Morgan fingerprint density at radius 2 is 1.93 bits per heavy atom. The van der Waals surface area contributed by atoms with Crippen molar-refractivity contribution in [1.29, 1.82) is 0 Å². The summed E-state index contributed by atoms with van der Waals surface area (Å²) in [6, 6.07) is 12.6. The predicted molar refractivity (Wildman–Crippen MR) is 121 cm³/mol. The van der Waals surface area contributed by atoms with Crippen molar-refractivity contribution in [2.75, 3.05) is 18.5 Å². The number of benzene rings is 2. The topological polar surface area (TPSA) is 36.9 Å². The average molecular weight is 428 g/mol. The number of allylic oxidation sites excluding steroid dienone is 1. The van der Waals surface area contributed by atoms with Crippen LogP contribution in [-0.4, -0.2) is 25.5 Å². The van der Waals surface area contributed by atoms with E-state index in [1.807, 2.05) is 25.2 Å². The Bertz CT molecular complexity index is 953. The first-order chi connectivity index (χ1) is 14.6. The molecule has 30 heavy (non-hydrogen) atoms. The molecular weight excluding hydrogens is 401 g/mol. The molecule has 2 aromatic rings. The Morgan fingerprint density at radius 1 is 1.17 bits per heavy atom. The zero-order valence-corrected chi connectivity index (χ0v) is 18.0. The van der Waals surface area contributed by atoms with E-state index in [2.05, 4.69) is 21.8 Å². The minimum atomic E-state index is -0.305. The van der Waals surface area contributed by atoms with Gasteiger partial charge < -0.3 is 15.0 Å². The maximum atomic E-state index is 13.9. The van der Waals surface area contributed by atoms with E-state index >= 15 is 0 Å². The second-order valence-electron chi connectivity index (χ2n) is 7.87. The molecule has 6 heteroatoms. The van der Waals surface area contributed by atoms with E-state index in [0.717, 1.165) is 60.0 Å². The Balaban J connectivity index is 1.48. The molecular formula is C24H27ClFN3O. The van der Waals surface area contributed by atoms with Gasteiger partial charge in [-0.05, 0) is 67.5 Å². The van der Waals surface area contributed by atoms with Crippen LogP contribution in [0.4, 0.5) is 10.1 Å². The maximum Gasteiger partial charge on any atom is 0.165 e. The molecule has 2 aliphatic rings. The number of halogens is 2. The number of aliphatic imine (C=N–C) groups is 1. The van der Waals surface area contributed by atoms with E-state index in [-0.39, 0.29) is 11.9 Å². The number of para-hydroxylation sites is 1. The van der Waals surface area contributed by atoms with Crippen LogP contribution in [-0.2, 0) is 6.54 Å². The van der Waals surface area contributed by atoms with Gasteiger partial charge >= 0.3 is 0 Å². The van der Waals surface area contributed by atoms with Gasteiger partial charge in [-0.1, -0.05) is 30.3 Å². The van der Waals surface area contributed by atoms with Crippen molar-refractivity contribution in [3.05, 3.63) is 71.1 Å². The summed E-state index contributed by atoms with van der Waals surface area (Å²) >= 11 is 6.23. The zero-order chi connectivity index (χ0) is 21.1. The fraction of sp³-hybridized carbons (Fsp3) is 0.375. The largest absolute Gasteiger partial charge is 0.487 e. The molecule has 0 unspecified atom stereocenters. The standard InChI is InChI=1S/C24H27ClFN3O/c1-16(17-7-10-20(11-8-17)30-23-6-4-3-5-21(23)26)29-22-12-9-19(25)13-18(22)14-28-15-24(29)27-2/h3-6,9,12-13,17,20,28H,1,7-8,10-11,14-15H2,2H3. The van der Waals surface area contributed by atoms with Gasteiger partial charge in [0.1, 0.15) is 5.84 Å². The molecule has 1 heterocycles. The first kappa shape index (κ1) is 20.9. The van der Waals surface area contributed by atoms with Crippen LogP contribution in [0.2, 0.25) is 5.02 Å². The summed E-state index contributed by atoms with van der Waals surface area (Å²) < 4.78 is 19.8. The summed E-state index contributed by atoms with van der Waals surface area (Å²) in [6.07, 6.45) is 3.66. The Labute approximate surface area is 182 Å². The Hall–Kier alpha value is -2.37. The number of ether oxygens (including phenoxy) is 1. The summed E-state index contributed by atoms with van der Waals surface area (Å²) in [4.78, 5) is 6.72. The summed E-state index contributed by atoms with van der Waals surface area (Å²) in [6.45, 7) is 5.88. The third kappa shape index (κ3) is 4.37. The van der Waals surface area contributed by atoms with Crippen LogP contribution in [0.1, 0.15) is 31.2 Å². The second-order valence-corrected chi connectivity index (χ2v) is 8.30. The molecule has 1 saturated carbocycles. The van der Waals surface area contributed by atoms with Gasteiger partial charge in [0, 0.05) is 24.3 Å². The van der Waals surface area contributed by atoms with Crippen molar-refractivity contribution in [2.24, 2.45) is 10.9 Å². The van der Waals surface area contributed by atoms with Crippen LogP contribution in [0, 0.1) is 11.7 Å². The molecule has 158 valence electrons. The van der Waals surface area contributed by atoms with Gasteiger partial charge in [0.25, 0.3) is 0 Å². The first-order valence-electron chi connectivity index (χ1n) is 10.4. The van der Waals surface area contributed by atoms with E-state index in [0.29, 0.717) is 18.2 Å². The van der Waals surface area contributed by atoms with Crippen LogP contribution in [0.15, 0.2) is 59.7 Å². The molecule has 0 atom stereocenters. The third-order valence-corrected chi connectivity index (χ3v) is 6.20. The SMILES string of the molecule is C=C(C1CCC(Oc2ccccc2F)CC1)N1C(=NC)CNCc2cc(Cl)ccc21. The predicted octanol–water partition coefficient (Wildman–Crippen LogP) is 5.57. The number of nitrogens with zero attached hydrogens (tertiary/aromatic N) is 2. The molecule has 4 rings (SSSR count). The van der Waals surface area contributed by atoms with E-state index < -0.39 is 0 Å². The number of anilines is 1. The molecule has 1 fully saturated rings. The molecule has 2 aromatic carbocycles. The molecule has 0 saturated heterocycles. The molecule has 1 N–H and O–H groups in total. The molecule has 0 amide bonds. The number of rotatable bonds is 4. The molecule has 0 aromatic heterocycles. The number of nitrogens with one attached hydrogen (secondary N) is 1. The average Bonchev–Trinajstić information content (AvgIpc) is 2.94. The monoisotopic (exact) mass is 427 g/mol. The second kappa shape index (κ2) is 9.19. The highest BCUT2D eigenvalue weighted by Crippen LogP contribution is 2.37. The van der Waals surface area contributed by atoms with Crippen molar-refractivity contribution in [2.45, 2.75) is 38.3 Å². The van der Waals surface area contributed by atoms with Crippen molar-refractivity contribution in [3.63, 3.8) is 0 Å². The molecule has 4 nitrogen and oxygen atoms in total. The molecule has 0 spiro atoms. The molecule has 1 aliphatic carbocycles. The minimum Gasteiger partial charge on any atom is -0.487 e. The van der Waals surface area contributed by atoms with Crippen LogP contribution in [0.3, 0.4) is 0 Å². The highest BCUT2D eigenvalue weighted by Gasteiger charge is 2.31. The Kier molecular flexibility index (Phi) is 6.40. The fourth-order valence-electron chi connectivity index (χ4n) is 4.36. The van der Waals surface area contributed by atoms with E-state index in [4.69, 9.17) is 16.3 Å². The zero-order valence-electron chi connectivity index (χ0n) is 17.2. The number of fused-ring (bicyclic) bond motifs is 1. The molecule has 0 radical (unpaired) electrons. The first-order valence-corrected chi connectivity index (χ1v) is 10.8. The lowest BCUT2D eigenvalue weighted by Crippen LogP contribution is -2.38. The van der Waals surface area contributed by atoms with E-state index in [1.165, 1.54) is 6.07 Å². The third-order valence-electron chi connectivity index (χ3n) is 5.96. The number of hydrogen-bond acceptors (Lipinski definition) is 3. The summed E-state index contributed by atoms with van der Waals surface area (Å²) in [5.41, 5.74) is 3.27. The summed E-state index contributed by atoms with van der Waals surface area (Å²) in [5.74, 6) is 1.30. The van der Waals surface area contributed by atoms with Gasteiger partial charge in [0.05, 0.1) is 18.3 Å². The van der Waals surface area contributed by atoms with Crippen molar-refractivity contribution in [1.82, 2.24) is 5.32 Å². The summed E-state index contributed by atoms with van der Waals surface area (Å²) in [5, 5.41) is 4.16. The van der Waals surface area contributed by atoms with Gasteiger partial charge in [-0.3, -0.25) is 4.99 Å². The van der Waals surface area contributed by atoms with Crippen LogP contribution in [0.5, 0.6) is 5.75 Å². The van der Waals surface area contributed by atoms with Crippen molar-refractivity contribution < 1.29 is 9.13 Å². The lowest BCUT2D eigenvalue weighted by molar-refractivity contribution is 0.133. The summed E-state index contributed by atoms with van der Waals surface area (Å²) in [7, 11) is 1.82. The normalized spacial score (nSPS) is 23.0. The van der Waals surface area contributed by atoms with E-state index in [9.17, 15) is 4.39 Å². The molecule has 1 aliphatic heterocycles. The number of amidine groups is 1. The fourth-order valence-corrected chi connectivity index (χ4v) is 4.55. The van der Waals surface area contributed by atoms with Gasteiger partial charge in [-0.2, -0.15) is 0 Å².